The van der Waals surface area contributed by atoms with Crippen LogP contribution < -0.4 is 10.6 Å². The summed E-state index contributed by atoms with van der Waals surface area (Å²) in [6.45, 7) is 6.94. The van der Waals surface area contributed by atoms with Gasteiger partial charge < -0.3 is 20.4 Å². The number of rotatable bonds is 9. The van der Waals surface area contributed by atoms with E-state index < -0.39 is 35.1 Å². The summed E-state index contributed by atoms with van der Waals surface area (Å²) in [7, 11) is 0. The van der Waals surface area contributed by atoms with Crippen molar-refractivity contribution in [3.63, 3.8) is 0 Å². The predicted octanol–water partition coefficient (Wildman–Crippen LogP) is 2.79. The molecule has 2 atom stereocenters. The van der Waals surface area contributed by atoms with Gasteiger partial charge in [0, 0.05) is 22.2 Å². The topological polar surface area (TPSA) is 139 Å². The van der Waals surface area contributed by atoms with Gasteiger partial charge >= 0.3 is 11.9 Å². The van der Waals surface area contributed by atoms with E-state index in [1.54, 1.807) is 52.0 Å². The van der Waals surface area contributed by atoms with Gasteiger partial charge in [0.2, 0.25) is 0 Å². The molecule has 2 aromatic carbocycles. The largest absolute Gasteiger partial charge is 0.508 e. The van der Waals surface area contributed by atoms with Crippen molar-refractivity contribution in [2.45, 2.75) is 50.9 Å². The molecule has 0 heterocycles. The highest BCUT2D eigenvalue weighted by atomic mass is 16.4. The number of aromatic hydroxyl groups is 2. The molecule has 0 bridgehead atoms. The Kier molecular flexibility index (Phi) is 6.74. The Morgan fingerprint density at radius 3 is 1.27 bits per heavy atom. The molecule has 0 amide bonds. The van der Waals surface area contributed by atoms with Gasteiger partial charge in [-0.05, 0) is 39.8 Å². The molecular weight excluding hydrogens is 388 g/mol. The SMILES string of the molecule is CC(C)(NC(C(=O)O)c1ccccc1O)C(C)(C)NC(C(=O)O)c1ccccc1O. The third-order valence-electron chi connectivity index (χ3n) is 5.56. The maximum atomic E-state index is 11.9. The highest BCUT2D eigenvalue weighted by molar-refractivity contribution is 5.77. The Morgan fingerprint density at radius 1 is 0.700 bits per heavy atom. The molecule has 0 radical (unpaired) electrons. The Hall–Kier alpha value is -3.10. The first kappa shape index (κ1) is 23.2. The molecule has 0 fully saturated rings. The third kappa shape index (κ3) is 4.90. The average Bonchev–Trinajstić information content (AvgIpc) is 2.65. The number of phenols is 2. The summed E-state index contributed by atoms with van der Waals surface area (Å²) in [5.74, 6) is -2.68. The highest BCUT2D eigenvalue weighted by Crippen LogP contribution is 2.33. The lowest BCUT2D eigenvalue weighted by molar-refractivity contribution is -0.142. The van der Waals surface area contributed by atoms with Crippen LogP contribution in [0.15, 0.2) is 48.5 Å². The quantitative estimate of drug-likeness (QED) is 0.367. The molecule has 0 saturated carbocycles. The second-order valence-corrected chi connectivity index (χ2v) is 8.20. The van der Waals surface area contributed by atoms with Crippen LogP contribution in [0.1, 0.15) is 50.9 Å². The van der Waals surface area contributed by atoms with Crippen LogP contribution in [0.2, 0.25) is 0 Å². The lowest BCUT2D eigenvalue weighted by Crippen LogP contribution is -2.65. The summed E-state index contributed by atoms with van der Waals surface area (Å²) in [5, 5.41) is 45.7. The van der Waals surface area contributed by atoms with Gasteiger partial charge in [-0.15, -0.1) is 0 Å². The van der Waals surface area contributed by atoms with E-state index in [0.29, 0.717) is 0 Å². The van der Waals surface area contributed by atoms with Crippen molar-refractivity contribution in [3.05, 3.63) is 59.7 Å². The number of nitrogens with one attached hydrogen (secondary N) is 2. The predicted molar refractivity (Wildman–Crippen MR) is 111 cm³/mol. The molecule has 30 heavy (non-hydrogen) atoms. The minimum atomic E-state index is -1.23. The van der Waals surface area contributed by atoms with E-state index in [2.05, 4.69) is 10.6 Å². The average molecular weight is 416 g/mol. The van der Waals surface area contributed by atoms with Gasteiger partial charge in [0.15, 0.2) is 0 Å². The van der Waals surface area contributed by atoms with Crippen molar-refractivity contribution in [2.75, 3.05) is 0 Å². The van der Waals surface area contributed by atoms with Gasteiger partial charge in [0.25, 0.3) is 0 Å². The van der Waals surface area contributed by atoms with Crippen LogP contribution in [0.4, 0.5) is 0 Å². The van der Waals surface area contributed by atoms with Gasteiger partial charge in [-0.2, -0.15) is 0 Å². The van der Waals surface area contributed by atoms with Crippen molar-refractivity contribution in [1.29, 1.82) is 0 Å². The summed E-state index contributed by atoms with van der Waals surface area (Å²) >= 11 is 0. The maximum absolute atomic E-state index is 11.9. The fourth-order valence-corrected chi connectivity index (χ4v) is 3.09. The highest BCUT2D eigenvalue weighted by Gasteiger charge is 2.43. The van der Waals surface area contributed by atoms with Gasteiger partial charge in [-0.1, -0.05) is 36.4 Å². The van der Waals surface area contributed by atoms with E-state index in [0.717, 1.165) is 0 Å². The molecule has 6 N–H and O–H groups in total. The van der Waals surface area contributed by atoms with Crippen LogP contribution in [0, 0.1) is 0 Å². The van der Waals surface area contributed by atoms with Crippen LogP contribution in [-0.2, 0) is 9.59 Å². The maximum Gasteiger partial charge on any atom is 0.325 e. The number of hydrogen-bond donors (Lipinski definition) is 6. The fraction of sp³-hybridized carbons (Fsp3) is 0.364. The molecule has 8 heteroatoms. The lowest BCUT2D eigenvalue weighted by Gasteiger charge is -2.46. The fourth-order valence-electron chi connectivity index (χ4n) is 3.09. The molecule has 0 aromatic heterocycles. The second kappa shape index (κ2) is 8.73. The minimum absolute atomic E-state index is 0.156. The summed E-state index contributed by atoms with van der Waals surface area (Å²) < 4.78 is 0. The molecule has 0 saturated heterocycles. The Bertz CT molecular complexity index is 850. The first-order chi connectivity index (χ1) is 13.9. The molecule has 0 aliphatic rings. The minimum Gasteiger partial charge on any atom is -0.508 e. The standard InChI is InChI=1S/C22H28N2O6/c1-21(2,23-17(19(27)28)13-9-5-7-11-15(13)25)22(3,4)24-18(20(29)30)14-10-6-8-12-16(14)26/h5-12,17-18,23-26H,1-4H3,(H,27,28)(H,29,30). The van der Waals surface area contributed by atoms with E-state index in [4.69, 9.17) is 0 Å². The number of carbonyl (C=O) groups is 2. The van der Waals surface area contributed by atoms with E-state index in [9.17, 15) is 30.0 Å². The van der Waals surface area contributed by atoms with Crippen LogP contribution in [0.25, 0.3) is 0 Å². The Balaban J connectivity index is 2.36. The number of benzene rings is 2. The van der Waals surface area contributed by atoms with E-state index in [1.807, 2.05) is 0 Å². The van der Waals surface area contributed by atoms with Crippen molar-refractivity contribution < 1.29 is 30.0 Å². The zero-order chi connectivity index (χ0) is 22.7. The van der Waals surface area contributed by atoms with Crippen molar-refractivity contribution in [2.24, 2.45) is 0 Å². The number of carboxylic acids is 2. The smallest absolute Gasteiger partial charge is 0.325 e. The normalized spacial score (nSPS) is 14.1. The summed E-state index contributed by atoms with van der Waals surface area (Å²) in [4.78, 5) is 23.9. The van der Waals surface area contributed by atoms with Crippen LogP contribution in [0.3, 0.4) is 0 Å². The van der Waals surface area contributed by atoms with Crippen LogP contribution >= 0.6 is 0 Å². The first-order valence-electron chi connectivity index (χ1n) is 9.44. The van der Waals surface area contributed by atoms with Gasteiger partial charge in [-0.25, -0.2) is 0 Å². The molecule has 0 aliphatic carbocycles. The second-order valence-electron chi connectivity index (χ2n) is 8.20. The molecule has 2 aromatic rings. The molecular formula is C22H28N2O6. The van der Waals surface area contributed by atoms with E-state index in [-0.39, 0.29) is 22.6 Å². The summed E-state index contributed by atoms with van der Waals surface area (Å²) in [6, 6.07) is 9.83. The van der Waals surface area contributed by atoms with Crippen LogP contribution in [-0.4, -0.2) is 43.4 Å². The van der Waals surface area contributed by atoms with Crippen molar-refractivity contribution in [1.82, 2.24) is 10.6 Å². The van der Waals surface area contributed by atoms with Gasteiger partial charge in [-0.3, -0.25) is 20.2 Å². The number of carboxylic acid groups (broad SMARTS) is 2. The zero-order valence-electron chi connectivity index (χ0n) is 17.4. The summed E-state index contributed by atoms with van der Waals surface area (Å²) in [5.41, 5.74) is -1.53. The molecule has 2 unspecified atom stereocenters. The van der Waals surface area contributed by atoms with Crippen molar-refractivity contribution in [3.8, 4) is 11.5 Å². The zero-order valence-corrected chi connectivity index (χ0v) is 17.4. The summed E-state index contributed by atoms with van der Waals surface area (Å²) in [6.07, 6.45) is 0. The Morgan fingerprint density at radius 2 is 1.00 bits per heavy atom. The molecule has 0 aliphatic heterocycles. The molecule has 0 spiro atoms. The van der Waals surface area contributed by atoms with Crippen LogP contribution in [0.5, 0.6) is 11.5 Å². The number of hydrogen-bond acceptors (Lipinski definition) is 6. The monoisotopic (exact) mass is 416 g/mol. The van der Waals surface area contributed by atoms with E-state index in [1.165, 1.54) is 24.3 Å². The van der Waals surface area contributed by atoms with Crippen molar-refractivity contribution >= 4 is 11.9 Å². The number of para-hydroxylation sites is 2. The molecule has 162 valence electrons. The van der Waals surface area contributed by atoms with E-state index >= 15 is 0 Å². The molecule has 8 nitrogen and oxygen atoms in total. The number of phenolic OH excluding ortho intramolecular Hbond substituents is 2. The molecule has 2 rings (SSSR count). The lowest BCUT2D eigenvalue weighted by atomic mass is 9.80. The van der Waals surface area contributed by atoms with Gasteiger partial charge in [0.05, 0.1) is 0 Å². The Labute approximate surface area is 175 Å². The number of aliphatic carboxylic acids is 2. The first-order valence-corrected chi connectivity index (χ1v) is 9.44. The third-order valence-corrected chi connectivity index (χ3v) is 5.56. The van der Waals surface area contributed by atoms with Gasteiger partial charge in [0.1, 0.15) is 23.6 Å².